The first-order valence-electron chi connectivity index (χ1n) is 4.66. The Morgan fingerprint density at radius 3 is 2.50 bits per heavy atom. The lowest BCUT2D eigenvalue weighted by atomic mass is 10.1. The van der Waals surface area contributed by atoms with Crippen molar-refractivity contribution < 1.29 is 14.7 Å². The third-order valence-corrected chi connectivity index (χ3v) is 2.02. The second kappa shape index (κ2) is 5.06. The fraction of sp³-hybridized carbons (Fsp3) is 0.182. The molecule has 1 rings (SSSR count). The van der Waals surface area contributed by atoms with Gasteiger partial charge in [-0.1, -0.05) is 18.2 Å². The zero-order chi connectivity index (χ0) is 12.1. The second-order valence-electron chi connectivity index (χ2n) is 3.26. The van der Waals surface area contributed by atoms with Gasteiger partial charge in [-0.3, -0.25) is 4.79 Å². The van der Waals surface area contributed by atoms with Crippen molar-refractivity contribution >= 4 is 17.6 Å². The van der Waals surface area contributed by atoms with Crippen LogP contribution in [0.25, 0.3) is 0 Å². The van der Waals surface area contributed by atoms with Gasteiger partial charge >= 0.3 is 5.97 Å². The molecule has 0 aliphatic heterocycles. The number of carbonyl (C=O) groups excluding carboxylic acids is 1. The van der Waals surface area contributed by atoms with E-state index in [4.69, 9.17) is 5.11 Å². The number of carbonyl (C=O) groups is 2. The molecule has 0 bridgehead atoms. The van der Waals surface area contributed by atoms with Crippen LogP contribution in [-0.4, -0.2) is 22.7 Å². The number of hydrogen-bond donors (Lipinski definition) is 2. The molecule has 0 spiro atoms. The van der Waals surface area contributed by atoms with E-state index in [0.717, 1.165) is 5.56 Å². The molecule has 5 heteroatoms. The molecule has 0 unspecified atom stereocenters. The molecule has 1 amide bonds. The van der Waals surface area contributed by atoms with E-state index in [1.807, 2.05) is 6.07 Å². The molecule has 0 aromatic heterocycles. The summed E-state index contributed by atoms with van der Waals surface area (Å²) in [4.78, 5) is 22.0. The summed E-state index contributed by atoms with van der Waals surface area (Å²) < 4.78 is 0. The summed E-state index contributed by atoms with van der Waals surface area (Å²) in [5.41, 5.74) is 3.31. The van der Waals surface area contributed by atoms with E-state index in [1.165, 1.54) is 6.92 Å². The van der Waals surface area contributed by atoms with Crippen molar-refractivity contribution in [2.45, 2.75) is 13.8 Å². The first kappa shape index (κ1) is 11.9. The monoisotopic (exact) mass is 220 g/mol. The highest BCUT2D eigenvalue weighted by Gasteiger charge is 2.08. The zero-order valence-electron chi connectivity index (χ0n) is 9.02. The molecule has 1 aromatic rings. The maximum atomic E-state index is 11.6. The Bertz CT molecular complexity index is 452. The molecular formula is C11H12N2O3. The lowest BCUT2D eigenvalue weighted by molar-refractivity contribution is -0.129. The summed E-state index contributed by atoms with van der Waals surface area (Å²) in [5, 5.41) is 12.0. The van der Waals surface area contributed by atoms with E-state index in [9.17, 15) is 9.59 Å². The van der Waals surface area contributed by atoms with Crippen molar-refractivity contribution in [2.75, 3.05) is 0 Å². The van der Waals surface area contributed by atoms with E-state index in [-0.39, 0.29) is 5.71 Å². The van der Waals surface area contributed by atoms with E-state index >= 15 is 0 Å². The van der Waals surface area contributed by atoms with Crippen molar-refractivity contribution in [1.82, 2.24) is 5.43 Å². The van der Waals surface area contributed by atoms with Gasteiger partial charge in [0.15, 0.2) is 0 Å². The SMILES string of the molecule is CC(=NNC(=O)c1ccccc1C)C(=O)O. The van der Waals surface area contributed by atoms with Crippen LogP contribution in [0, 0.1) is 6.92 Å². The van der Waals surface area contributed by atoms with Gasteiger partial charge in [-0.15, -0.1) is 0 Å². The number of benzene rings is 1. The van der Waals surface area contributed by atoms with Crippen molar-refractivity contribution in [3.05, 3.63) is 35.4 Å². The Labute approximate surface area is 92.8 Å². The van der Waals surface area contributed by atoms with Crippen LogP contribution in [0.3, 0.4) is 0 Å². The lowest BCUT2D eigenvalue weighted by Crippen LogP contribution is -2.22. The molecule has 1 aromatic carbocycles. The Kier molecular flexibility index (Phi) is 3.77. The molecule has 84 valence electrons. The fourth-order valence-corrected chi connectivity index (χ4v) is 1.07. The number of carboxylic acid groups (broad SMARTS) is 1. The van der Waals surface area contributed by atoms with E-state index in [2.05, 4.69) is 10.5 Å². The summed E-state index contributed by atoms with van der Waals surface area (Å²) in [6.07, 6.45) is 0. The van der Waals surface area contributed by atoms with Gasteiger partial charge < -0.3 is 5.11 Å². The van der Waals surface area contributed by atoms with Crippen LogP contribution in [0.15, 0.2) is 29.4 Å². The molecule has 0 aliphatic rings. The number of aryl methyl sites for hydroxylation is 1. The number of nitrogens with zero attached hydrogens (tertiary/aromatic N) is 1. The normalized spacial score (nSPS) is 11.0. The van der Waals surface area contributed by atoms with Gasteiger partial charge in [0, 0.05) is 5.56 Å². The summed E-state index contributed by atoms with van der Waals surface area (Å²) in [5.74, 6) is -1.58. The topological polar surface area (TPSA) is 78.8 Å². The highest BCUT2D eigenvalue weighted by molar-refractivity contribution is 6.34. The minimum atomic E-state index is -1.16. The maximum absolute atomic E-state index is 11.6. The third kappa shape index (κ3) is 2.91. The molecule has 2 N–H and O–H groups in total. The summed E-state index contributed by atoms with van der Waals surface area (Å²) >= 11 is 0. The number of amides is 1. The highest BCUT2D eigenvalue weighted by atomic mass is 16.4. The van der Waals surface area contributed by atoms with Crippen LogP contribution in [0.1, 0.15) is 22.8 Å². The summed E-state index contributed by atoms with van der Waals surface area (Å²) in [7, 11) is 0. The van der Waals surface area contributed by atoms with Crippen molar-refractivity contribution in [2.24, 2.45) is 5.10 Å². The summed E-state index contributed by atoms with van der Waals surface area (Å²) in [6.45, 7) is 3.10. The van der Waals surface area contributed by atoms with Gasteiger partial charge in [0.25, 0.3) is 5.91 Å². The van der Waals surface area contributed by atoms with Crippen LogP contribution < -0.4 is 5.43 Å². The van der Waals surface area contributed by atoms with Gasteiger partial charge in [-0.2, -0.15) is 5.10 Å². The molecule has 5 nitrogen and oxygen atoms in total. The average molecular weight is 220 g/mol. The van der Waals surface area contributed by atoms with Gasteiger partial charge in [-0.25, -0.2) is 10.2 Å². The molecule has 0 radical (unpaired) electrons. The second-order valence-corrected chi connectivity index (χ2v) is 3.26. The van der Waals surface area contributed by atoms with Crippen molar-refractivity contribution in [3.8, 4) is 0 Å². The minimum absolute atomic E-state index is 0.165. The molecule has 0 saturated heterocycles. The number of aliphatic carboxylic acids is 1. The zero-order valence-corrected chi connectivity index (χ0v) is 9.02. The third-order valence-electron chi connectivity index (χ3n) is 2.02. The van der Waals surface area contributed by atoms with E-state index in [1.54, 1.807) is 25.1 Å². The van der Waals surface area contributed by atoms with Crippen molar-refractivity contribution in [3.63, 3.8) is 0 Å². The first-order chi connectivity index (χ1) is 7.52. The Morgan fingerprint density at radius 1 is 1.31 bits per heavy atom. The Morgan fingerprint density at radius 2 is 1.94 bits per heavy atom. The lowest BCUT2D eigenvalue weighted by Gasteiger charge is -2.03. The highest BCUT2D eigenvalue weighted by Crippen LogP contribution is 2.06. The first-order valence-corrected chi connectivity index (χ1v) is 4.66. The Hall–Kier alpha value is -2.17. The number of hydrazone groups is 1. The van der Waals surface area contributed by atoms with Crippen LogP contribution in [0.4, 0.5) is 0 Å². The molecule has 0 fully saturated rings. The molecule has 0 heterocycles. The van der Waals surface area contributed by atoms with Gasteiger partial charge in [0.1, 0.15) is 5.71 Å². The maximum Gasteiger partial charge on any atom is 0.351 e. The minimum Gasteiger partial charge on any atom is -0.477 e. The van der Waals surface area contributed by atoms with E-state index in [0.29, 0.717) is 5.56 Å². The van der Waals surface area contributed by atoms with Crippen LogP contribution >= 0.6 is 0 Å². The number of nitrogens with one attached hydrogen (secondary N) is 1. The van der Waals surface area contributed by atoms with Crippen LogP contribution in [0.2, 0.25) is 0 Å². The number of rotatable bonds is 3. The van der Waals surface area contributed by atoms with E-state index < -0.39 is 11.9 Å². The predicted octanol–water partition coefficient (Wildman–Crippen LogP) is 1.19. The van der Waals surface area contributed by atoms with Crippen molar-refractivity contribution in [1.29, 1.82) is 0 Å². The molecular weight excluding hydrogens is 208 g/mol. The van der Waals surface area contributed by atoms with Gasteiger partial charge in [0.05, 0.1) is 0 Å². The average Bonchev–Trinajstić information content (AvgIpc) is 2.25. The fourth-order valence-electron chi connectivity index (χ4n) is 1.07. The molecule has 0 atom stereocenters. The Balaban J connectivity index is 2.78. The standard InChI is InChI=1S/C11H12N2O3/c1-7-5-3-4-6-9(7)10(14)13-12-8(2)11(15)16/h3-6H,1-2H3,(H,13,14)(H,15,16). The number of carboxylic acids is 1. The predicted molar refractivity (Wildman–Crippen MR) is 59.4 cm³/mol. The molecule has 0 aliphatic carbocycles. The summed E-state index contributed by atoms with van der Waals surface area (Å²) in [6, 6.07) is 6.99. The number of hydrogen-bond acceptors (Lipinski definition) is 3. The van der Waals surface area contributed by atoms with Gasteiger partial charge in [0.2, 0.25) is 0 Å². The molecule has 0 saturated carbocycles. The molecule has 16 heavy (non-hydrogen) atoms. The van der Waals surface area contributed by atoms with Gasteiger partial charge in [-0.05, 0) is 25.5 Å². The largest absolute Gasteiger partial charge is 0.477 e. The smallest absolute Gasteiger partial charge is 0.351 e. The van der Waals surface area contributed by atoms with Crippen LogP contribution in [-0.2, 0) is 4.79 Å². The van der Waals surface area contributed by atoms with Crippen LogP contribution in [0.5, 0.6) is 0 Å². The quantitative estimate of drug-likeness (QED) is 0.593.